The highest BCUT2D eigenvalue weighted by molar-refractivity contribution is 9.10. The molecule has 0 amide bonds. The Hall–Kier alpha value is -0.810. The van der Waals surface area contributed by atoms with Crippen molar-refractivity contribution >= 4 is 15.9 Å². The summed E-state index contributed by atoms with van der Waals surface area (Å²) in [6, 6.07) is 1.30. The zero-order chi connectivity index (χ0) is 12.3. The number of hydrogen-bond acceptors (Lipinski definition) is 3. The quantitative estimate of drug-likeness (QED) is 0.927. The molecule has 0 fully saturated rings. The van der Waals surface area contributed by atoms with E-state index in [1.54, 1.807) is 6.92 Å². The Kier molecular flexibility index (Phi) is 4.56. The molecule has 1 aromatic carbocycles. The lowest BCUT2D eigenvalue weighted by Gasteiger charge is -2.16. The molecule has 0 saturated heterocycles. The highest BCUT2D eigenvalue weighted by Gasteiger charge is 2.19. The molecule has 0 heterocycles. The minimum absolute atomic E-state index is 0.0568. The van der Waals surface area contributed by atoms with Crippen molar-refractivity contribution in [3.05, 3.63) is 21.9 Å². The number of ether oxygens (including phenoxy) is 2. The first-order valence-corrected chi connectivity index (χ1v) is 5.57. The van der Waals surface area contributed by atoms with Gasteiger partial charge in [0.15, 0.2) is 17.3 Å². The fourth-order valence-electron chi connectivity index (χ4n) is 1.51. The lowest BCUT2D eigenvalue weighted by molar-refractivity contribution is 0.193. The SMILES string of the molecule is COc1c(F)cc(Br)c(CC(C)O)c1OC. The zero-order valence-corrected chi connectivity index (χ0v) is 11.0. The molecule has 0 bridgehead atoms. The Bertz CT molecular complexity index is 380. The number of aliphatic hydroxyl groups excluding tert-OH is 1. The molecule has 1 rings (SSSR count). The van der Waals surface area contributed by atoms with Gasteiger partial charge in [-0.05, 0) is 13.0 Å². The van der Waals surface area contributed by atoms with E-state index in [0.717, 1.165) is 0 Å². The second-order valence-electron chi connectivity index (χ2n) is 3.44. The van der Waals surface area contributed by atoms with Crippen LogP contribution in [0.3, 0.4) is 0 Å². The van der Waals surface area contributed by atoms with Gasteiger partial charge in [0.05, 0.1) is 20.3 Å². The highest BCUT2D eigenvalue weighted by atomic mass is 79.9. The van der Waals surface area contributed by atoms with Crippen LogP contribution in [0.25, 0.3) is 0 Å². The van der Waals surface area contributed by atoms with Gasteiger partial charge in [-0.2, -0.15) is 0 Å². The lowest BCUT2D eigenvalue weighted by atomic mass is 10.1. The van der Waals surface area contributed by atoms with E-state index in [4.69, 9.17) is 9.47 Å². The molecule has 1 unspecified atom stereocenters. The highest BCUT2D eigenvalue weighted by Crippen LogP contribution is 2.39. The second-order valence-corrected chi connectivity index (χ2v) is 4.29. The number of rotatable bonds is 4. The van der Waals surface area contributed by atoms with Crippen molar-refractivity contribution < 1.29 is 19.0 Å². The monoisotopic (exact) mass is 292 g/mol. The van der Waals surface area contributed by atoms with Gasteiger partial charge in [0.2, 0.25) is 0 Å². The lowest BCUT2D eigenvalue weighted by Crippen LogP contribution is -2.08. The van der Waals surface area contributed by atoms with Gasteiger partial charge in [0, 0.05) is 16.5 Å². The first-order valence-electron chi connectivity index (χ1n) is 4.78. The first-order chi connectivity index (χ1) is 7.51. The van der Waals surface area contributed by atoms with Crippen LogP contribution in [0, 0.1) is 5.82 Å². The molecular formula is C11H14BrFO3. The fraction of sp³-hybridized carbons (Fsp3) is 0.455. The van der Waals surface area contributed by atoms with Crippen molar-refractivity contribution in [2.45, 2.75) is 19.4 Å². The molecular weight excluding hydrogens is 279 g/mol. The molecule has 1 aromatic rings. The summed E-state index contributed by atoms with van der Waals surface area (Å²) in [4.78, 5) is 0. The maximum absolute atomic E-state index is 13.5. The van der Waals surface area contributed by atoms with Crippen molar-refractivity contribution in [1.82, 2.24) is 0 Å². The van der Waals surface area contributed by atoms with E-state index in [-0.39, 0.29) is 5.75 Å². The van der Waals surface area contributed by atoms with Gasteiger partial charge in [0.25, 0.3) is 0 Å². The van der Waals surface area contributed by atoms with Crippen LogP contribution in [-0.2, 0) is 6.42 Å². The number of halogens is 2. The van der Waals surface area contributed by atoms with E-state index in [2.05, 4.69) is 15.9 Å². The van der Waals surface area contributed by atoms with Crippen molar-refractivity contribution in [3.8, 4) is 11.5 Å². The largest absolute Gasteiger partial charge is 0.492 e. The molecule has 1 N–H and O–H groups in total. The van der Waals surface area contributed by atoms with Crippen molar-refractivity contribution in [2.24, 2.45) is 0 Å². The van der Waals surface area contributed by atoms with Gasteiger partial charge in [-0.25, -0.2) is 4.39 Å². The third-order valence-electron chi connectivity index (χ3n) is 2.15. The Balaban J connectivity index is 3.34. The summed E-state index contributed by atoms with van der Waals surface area (Å²) in [5, 5.41) is 9.37. The predicted molar refractivity (Wildman–Crippen MR) is 62.6 cm³/mol. The molecule has 0 aliphatic heterocycles. The standard InChI is InChI=1S/C11H14BrFO3/c1-6(14)4-7-8(12)5-9(13)11(16-3)10(7)15-2/h5-6,14H,4H2,1-3H3. The maximum Gasteiger partial charge on any atom is 0.197 e. The number of benzene rings is 1. The molecule has 0 saturated carbocycles. The zero-order valence-electron chi connectivity index (χ0n) is 9.38. The van der Waals surface area contributed by atoms with Crippen LogP contribution in [0.5, 0.6) is 11.5 Å². The third kappa shape index (κ3) is 2.65. The van der Waals surface area contributed by atoms with Crippen LogP contribution in [-0.4, -0.2) is 25.4 Å². The van der Waals surface area contributed by atoms with Gasteiger partial charge < -0.3 is 14.6 Å². The van der Waals surface area contributed by atoms with E-state index >= 15 is 0 Å². The molecule has 90 valence electrons. The normalized spacial score (nSPS) is 12.4. The van der Waals surface area contributed by atoms with Crippen LogP contribution < -0.4 is 9.47 Å². The van der Waals surface area contributed by atoms with Crippen LogP contribution >= 0.6 is 15.9 Å². The van der Waals surface area contributed by atoms with Crippen LogP contribution in [0.15, 0.2) is 10.5 Å². The summed E-state index contributed by atoms with van der Waals surface area (Å²) in [5.74, 6) is -0.128. The van der Waals surface area contributed by atoms with Crippen molar-refractivity contribution in [1.29, 1.82) is 0 Å². The summed E-state index contributed by atoms with van der Waals surface area (Å²) < 4.78 is 24.1. The Labute approximate surface area is 102 Å². The minimum atomic E-state index is -0.541. The van der Waals surface area contributed by atoms with Gasteiger partial charge >= 0.3 is 0 Å². The van der Waals surface area contributed by atoms with Gasteiger partial charge in [0.1, 0.15) is 0 Å². The second kappa shape index (κ2) is 5.50. The van der Waals surface area contributed by atoms with E-state index in [1.807, 2.05) is 0 Å². The van der Waals surface area contributed by atoms with Gasteiger partial charge in [-0.1, -0.05) is 15.9 Å². The minimum Gasteiger partial charge on any atom is -0.492 e. The maximum atomic E-state index is 13.5. The smallest absolute Gasteiger partial charge is 0.197 e. The van der Waals surface area contributed by atoms with Crippen LogP contribution in [0.2, 0.25) is 0 Å². The molecule has 0 aliphatic rings. The number of aliphatic hydroxyl groups is 1. The number of hydrogen-bond donors (Lipinski definition) is 1. The molecule has 16 heavy (non-hydrogen) atoms. The summed E-state index contributed by atoms with van der Waals surface area (Å²) in [6.45, 7) is 1.65. The molecule has 1 atom stereocenters. The fourth-order valence-corrected chi connectivity index (χ4v) is 2.05. The third-order valence-corrected chi connectivity index (χ3v) is 2.85. The predicted octanol–water partition coefficient (Wildman–Crippen LogP) is 2.53. The van der Waals surface area contributed by atoms with E-state index in [9.17, 15) is 9.50 Å². The molecule has 3 nitrogen and oxygen atoms in total. The van der Waals surface area contributed by atoms with Crippen LogP contribution in [0.1, 0.15) is 12.5 Å². The van der Waals surface area contributed by atoms with E-state index < -0.39 is 11.9 Å². The van der Waals surface area contributed by atoms with Crippen molar-refractivity contribution in [3.63, 3.8) is 0 Å². The summed E-state index contributed by atoms with van der Waals surface area (Å²) in [5.41, 5.74) is 0.691. The van der Waals surface area contributed by atoms with Crippen molar-refractivity contribution in [2.75, 3.05) is 14.2 Å². The topological polar surface area (TPSA) is 38.7 Å². The number of methoxy groups -OCH3 is 2. The van der Waals surface area contributed by atoms with E-state index in [0.29, 0.717) is 22.2 Å². The molecule has 5 heteroatoms. The first kappa shape index (κ1) is 13.3. The molecule has 0 spiro atoms. The summed E-state index contributed by atoms with van der Waals surface area (Å²) >= 11 is 3.24. The van der Waals surface area contributed by atoms with Gasteiger partial charge in [-0.3, -0.25) is 0 Å². The van der Waals surface area contributed by atoms with Gasteiger partial charge in [-0.15, -0.1) is 0 Å². The molecule has 0 aromatic heterocycles. The molecule has 0 radical (unpaired) electrons. The summed E-state index contributed by atoms with van der Waals surface area (Å²) in [6.07, 6.45) is -0.180. The Morgan fingerprint density at radius 3 is 2.38 bits per heavy atom. The average Bonchev–Trinajstić information content (AvgIpc) is 2.20. The summed E-state index contributed by atoms with van der Waals surface area (Å²) in [7, 11) is 2.82. The molecule has 0 aliphatic carbocycles. The average molecular weight is 293 g/mol. The van der Waals surface area contributed by atoms with E-state index in [1.165, 1.54) is 20.3 Å². The Morgan fingerprint density at radius 2 is 1.94 bits per heavy atom. The Morgan fingerprint density at radius 1 is 1.38 bits per heavy atom. The van der Waals surface area contributed by atoms with Crippen LogP contribution in [0.4, 0.5) is 4.39 Å².